The van der Waals surface area contributed by atoms with E-state index in [2.05, 4.69) is 20.3 Å². The number of hydrogen-bond donors (Lipinski definition) is 1. The highest BCUT2D eigenvalue weighted by Crippen LogP contribution is 2.33. The van der Waals surface area contributed by atoms with E-state index in [1.165, 1.54) is 10.7 Å². The molecule has 4 heterocycles. The molecule has 2 saturated heterocycles. The van der Waals surface area contributed by atoms with Crippen LogP contribution in [-0.2, 0) is 16.5 Å². The molecule has 2 aromatic carbocycles. The fourth-order valence-corrected chi connectivity index (χ4v) is 6.40. The number of benzene rings is 2. The van der Waals surface area contributed by atoms with Gasteiger partial charge in [0.2, 0.25) is 0 Å². The first-order valence-electron chi connectivity index (χ1n) is 16.1. The molecule has 250 valence electrons. The smallest absolute Gasteiger partial charge is 0.410 e. The van der Waals surface area contributed by atoms with Gasteiger partial charge in [-0.25, -0.2) is 14.2 Å². The Morgan fingerprint density at radius 1 is 1.11 bits per heavy atom. The van der Waals surface area contributed by atoms with Crippen molar-refractivity contribution in [3.8, 4) is 6.01 Å². The van der Waals surface area contributed by atoms with Crippen molar-refractivity contribution in [3.63, 3.8) is 0 Å². The summed E-state index contributed by atoms with van der Waals surface area (Å²) in [5, 5.41) is 8.20. The third kappa shape index (κ3) is 7.09. The van der Waals surface area contributed by atoms with Crippen LogP contribution in [0.5, 0.6) is 6.01 Å². The second kappa shape index (κ2) is 12.9. The zero-order chi connectivity index (χ0) is 33.5. The van der Waals surface area contributed by atoms with E-state index in [9.17, 15) is 14.0 Å². The predicted molar refractivity (Wildman–Crippen MR) is 176 cm³/mol. The van der Waals surface area contributed by atoms with Crippen LogP contribution in [0.15, 0.2) is 36.7 Å². The summed E-state index contributed by atoms with van der Waals surface area (Å²) in [6.07, 6.45) is 5.97. The second-order valence-corrected chi connectivity index (χ2v) is 13.5. The molecule has 0 bridgehead atoms. The Balaban J connectivity index is 1.31. The van der Waals surface area contributed by atoms with Crippen LogP contribution in [0.4, 0.5) is 20.6 Å². The van der Waals surface area contributed by atoms with E-state index in [4.69, 9.17) is 19.2 Å². The maximum atomic E-state index is 14.8. The van der Waals surface area contributed by atoms with Crippen LogP contribution in [0, 0.1) is 5.82 Å². The number of halogens is 1. The molecule has 13 heteroatoms. The van der Waals surface area contributed by atoms with Crippen LogP contribution < -0.4 is 15.0 Å². The predicted octanol–water partition coefficient (Wildman–Crippen LogP) is 5.69. The minimum atomic E-state index is -0.601. The SMILES string of the molecule is C[C@@H]1CN(c2ccc(C(=O)Nc3cc(F)c4nn(C)cc4c3)c3nc(OCC4CCCCO4)ncc23)C[C@H](C)N1C(=O)OC(C)(C)C. The lowest BCUT2D eigenvalue weighted by Gasteiger charge is -2.45. The molecule has 2 aliphatic rings. The van der Waals surface area contributed by atoms with Crippen LogP contribution in [0.3, 0.4) is 0 Å². The van der Waals surface area contributed by atoms with Crippen molar-refractivity contribution in [1.29, 1.82) is 0 Å². The third-order valence-electron chi connectivity index (χ3n) is 8.42. The summed E-state index contributed by atoms with van der Waals surface area (Å²) in [4.78, 5) is 40.0. The van der Waals surface area contributed by atoms with Crippen LogP contribution in [0.25, 0.3) is 21.8 Å². The van der Waals surface area contributed by atoms with Gasteiger partial charge in [-0.05, 0) is 78.1 Å². The van der Waals surface area contributed by atoms with Gasteiger partial charge in [0.15, 0.2) is 5.82 Å². The van der Waals surface area contributed by atoms with Crippen LogP contribution in [0.1, 0.15) is 64.2 Å². The van der Waals surface area contributed by atoms with Gasteiger partial charge in [0.25, 0.3) is 5.91 Å². The summed E-state index contributed by atoms with van der Waals surface area (Å²) in [6, 6.07) is 6.35. The molecule has 6 rings (SSSR count). The summed E-state index contributed by atoms with van der Waals surface area (Å²) in [6.45, 7) is 11.6. The largest absolute Gasteiger partial charge is 0.461 e. The normalized spacial score (nSPS) is 20.4. The number of nitrogens with zero attached hydrogens (tertiary/aromatic N) is 6. The van der Waals surface area contributed by atoms with Crippen molar-refractivity contribution in [1.82, 2.24) is 24.6 Å². The molecule has 2 amide bonds. The van der Waals surface area contributed by atoms with Crippen molar-refractivity contribution in [2.24, 2.45) is 7.05 Å². The van der Waals surface area contributed by atoms with Gasteiger partial charge in [-0.1, -0.05) is 0 Å². The molecule has 0 radical (unpaired) electrons. The second-order valence-electron chi connectivity index (χ2n) is 13.5. The number of ether oxygens (including phenoxy) is 3. The first-order chi connectivity index (χ1) is 22.4. The highest BCUT2D eigenvalue weighted by atomic mass is 19.1. The van der Waals surface area contributed by atoms with Crippen LogP contribution in [-0.4, -0.2) is 86.7 Å². The lowest BCUT2D eigenvalue weighted by Crippen LogP contribution is -2.59. The molecule has 47 heavy (non-hydrogen) atoms. The number of hydrogen-bond acceptors (Lipinski definition) is 9. The molecule has 1 unspecified atom stereocenters. The maximum absolute atomic E-state index is 14.8. The van der Waals surface area contributed by atoms with Gasteiger partial charge in [-0.15, -0.1) is 0 Å². The van der Waals surface area contributed by atoms with Crippen molar-refractivity contribution >= 4 is 45.2 Å². The molecular weight excluding hydrogens is 605 g/mol. The monoisotopic (exact) mass is 647 g/mol. The number of amides is 2. The number of piperazine rings is 1. The van der Waals surface area contributed by atoms with Gasteiger partial charge in [-0.2, -0.15) is 10.1 Å². The van der Waals surface area contributed by atoms with Crippen molar-refractivity contribution < 1.29 is 28.2 Å². The lowest BCUT2D eigenvalue weighted by molar-refractivity contribution is -0.0128. The fourth-order valence-electron chi connectivity index (χ4n) is 6.40. The lowest BCUT2D eigenvalue weighted by atomic mass is 10.0. The van der Waals surface area contributed by atoms with Gasteiger partial charge in [0.1, 0.15) is 17.7 Å². The molecule has 2 aliphatic heterocycles. The molecule has 12 nitrogen and oxygen atoms in total. The Bertz CT molecular complexity index is 1790. The molecule has 2 aromatic heterocycles. The van der Waals surface area contributed by atoms with Crippen LogP contribution in [0.2, 0.25) is 0 Å². The summed E-state index contributed by atoms with van der Waals surface area (Å²) >= 11 is 0. The van der Waals surface area contributed by atoms with Gasteiger partial charge in [0.05, 0.1) is 29.3 Å². The molecule has 3 atom stereocenters. The van der Waals surface area contributed by atoms with Crippen molar-refractivity contribution in [3.05, 3.63) is 48.0 Å². The highest BCUT2D eigenvalue weighted by molar-refractivity contribution is 6.14. The number of carbonyl (C=O) groups is 2. The van der Waals surface area contributed by atoms with E-state index in [1.54, 1.807) is 36.5 Å². The fraction of sp³-hybridized carbons (Fsp3) is 0.500. The average molecular weight is 648 g/mol. The Kier molecular flexibility index (Phi) is 8.93. The van der Waals surface area contributed by atoms with Gasteiger partial charge >= 0.3 is 12.1 Å². The Labute approximate surface area is 273 Å². The molecule has 0 aliphatic carbocycles. The number of aromatic nitrogens is 4. The minimum absolute atomic E-state index is 0.0429. The van der Waals surface area contributed by atoms with E-state index in [1.807, 2.05) is 40.7 Å². The Hall–Kier alpha value is -4.52. The molecule has 2 fully saturated rings. The van der Waals surface area contributed by atoms with E-state index < -0.39 is 17.3 Å². The van der Waals surface area contributed by atoms with E-state index in [-0.39, 0.29) is 41.4 Å². The van der Waals surface area contributed by atoms with Gasteiger partial charge in [0, 0.05) is 61.3 Å². The van der Waals surface area contributed by atoms with E-state index in [0.29, 0.717) is 48.3 Å². The summed E-state index contributed by atoms with van der Waals surface area (Å²) in [5.74, 6) is -0.990. The quantitative estimate of drug-likeness (QED) is 0.281. The summed E-state index contributed by atoms with van der Waals surface area (Å²) in [5.41, 5.74) is 1.43. The molecular formula is C34H42FN7O5. The van der Waals surface area contributed by atoms with E-state index in [0.717, 1.165) is 24.9 Å². The molecule has 1 N–H and O–H groups in total. The minimum Gasteiger partial charge on any atom is -0.461 e. The van der Waals surface area contributed by atoms with Gasteiger partial charge in [-0.3, -0.25) is 14.4 Å². The van der Waals surface area contributed by atoms with Crippen molar-refractivity contribution in [2.75, 3.05) is 36.5 Å². The molecule has 0 spiro atoms. The summed E-state index contributed by atoms with van der Waals surface area (Å²) in [7, 11) is 1.71. The number of anilines is 2. The number of carbonyl (C=O) groups excluding carboxylic acids is 2. The number of aryl methyl sites for hydroxylation is 1. The Morgan fingerprint density at radius 2 is 1.87 bits per heavy atom. The van der Waals surface area contributed by atoms with E-state index >= 15 is 0 Å². The topological polar surface area (TPSA) is 124 Å². The number of rotatable bonds is 6. The highest BCUT2D eigenvalue weighted by Gasteiger charge is 2.36. The third-order valence-corrected chi connectivity index (χ3v) is 8.42. The summed E-state index contributed by atoms with van der Waals surface area (Å²) < 4.78 is 33.8. The average Bonchev–Trinajstić information content (AvgIpc) is 3.39. The zero-order valence-electron chi connectivity index (χ0n) is 27.7. The molecule has 4 aromatic rings. The zero-order valence-corrected chi connectivity index (χ0v) is 27.7. The van der Waals surface area contributed by atoms with Crippen LogP contribution >= 0.6 is 0 Å². The number of fused-ring (bicyclic) bond motifs is 2. The van der Waals surface area contributed by atoms with Crippen molar-refractivity contribution in [2.45, 2.75) is 77.7 Å². The first kappa shape index (κ1) is 32.4. The van der Waals surface area contributed by atoms with Gasteiger partial charge < -0.3 is 24.4 Å². The Morgan fingerprint density at radius 3 is 2.57 bits per heavy atom. The molecule has 0 saturated carbocycles. The first-order valence-corrected chi connectivity index (χ1v) is 16.1. The maximum Gasteiger partial charge on any atom is 0.410 e. The standard InChI is InChI=1S/C34H42FN7O5/c1-20-16-41(17-21(2)42(20)33(44)47-34(3,4)5)28-11-10-25(31(43)37-23-13-22-18-40(6)39-29(22)27(35)14-23)30-26(28)15-36-32(38-30)46-19-24-9-7-8-12-45-24/h10-11,13-15,18,20-21,24H,7-9,12,16-17,19H2,1-6H3,(H,37,43)/t20-,21+,24?. The number of nitrogens with one attached hydrogen (secondary N) is 1.